The first-order valence-corrected chi connectivity index (χ1v) is 5.08. The van der Waals surface area contributed by atoms with E-state index in [4.69, 9.17) is 5.21 Å². The van der Waals surface area contributed by atoms with Crippen LogP contribution in [-0.2, 0) is 6.54 Å². The Kier molecular flexibility index (Phi) is 3.71. The minimum absolute atomic E-state index is 0.209. The summed E-state index contributed by atoms with van der Waals surface area (Å²) in [5.41, 5.74) is 0.503. The summed E-state index contributed by atoms with van der Waals surface area (Å²) in [6.07, 6.45) is 1.90. The molecule has 0 aromatic heterocycles. The molecule has 4 heteroatoms. The number of hydrogen-bond donors (Lipinski definition) is 1. The van der Waals surface area contributed by atoms with Crippen molar-refractivity contribution in [2.24, 2.45) is 0 Å². The second kappa shape index (κ2) is 4.60. The molecule has 0 aliphatic rings. The molecule has 1 aromatic carbocycles. The van der Waals surface area contributed by atoms with E-state index in [0.717, 1.165) is 9.96 Å². The first-order chi connectivity index (χ1) is 6.13. The van der Waals surface area contributed by atoms with E-state index in [9.17, 15) is 4.39 Å². The van der Waals surface area contributed by atoms with Crippen LogP contribution < -0.4 is 0 Å². The van der Waals surface area contributed by atoms with Crippen molar-refractivity contribution in [1.82, 2.24) is 5.06 Å². The zero-order valence-corrected chi connectivity index (χ0v) is 8.44. The Morgan fingerprint density at radius 3 is 2.69 bits per heavy atom. The summed E-state index contributed by atoms with van der Waals surface area (Å²) in [6, 6.07) is 5.00. The average Bonchev–Trinajstić information content (AvgIpc) is 2.08. The Morgan fingerprint density at radius 1 is 1.54 bits per heavy atom. The van der Waals surface area contributed by atoms with Crippen LogP contribution in [0, 0.1) is 5.82 Å². The van der Waals surface area contributed by atoms with Crippen LogP contribution in [0.2, 0.25) is 0 Å². The smallest absolute Gasteiger partial charge is 0.128 e. The summed E-state index contributed by atoms with van der Waals surface area (Å²) in [5.74, 6) is -0.271. The van der Waals surface area contributed by atoms with E-state index in [0.29, 0.717) is 5.56 Å². The van der Waals surface area contributed by atoms with E-state index in [2.05, 4.69) is 0 Å². The Balaban J connectivity index is 2.85. The van der Waals surface area contributed by atoms with Crippen molar-refractivity contribution in [3.05, 3.63) is 29.6 Å². The highest BCUT2D eigenvalue weighted by molar-refractivity contribution is 7.98. The quantitative estimate of drug-likeness (QED) is 0.600. The molecule has 0 saturated heterocycles. The van der Waals surface area contributed by atoms with Crippen molar-refractivity contribution in [1.29, 1.82) is 0 Å². The van der Waals surface area contributed by atoms with E-state index in [1.54, 1.807) is 6.07 Å². The Morgan fingerprint density at radius 2 is 2.23 bits per heavy atom. The highest BCUT2D eigenvalue weighted by Gasteiger charge is 2.04. The number of hydroxylamine groups is 2. The van der Waals surface area contributed by atoms with Crippen molar-refractivity contribution < 1.29 is 9.60 Å². The van der Waals surface area contributed by atoms with Gasteiger partial charge < -0.3 is 5.21 Å². The van der Waals surface area contributed by atoms with Gasteiger partial charge >= 0.3 is 0 Å². The molecule has 0 spiro atoms. The molecule has 0 fully saturated rings. The molecular weight excluding hydrogens is 189 g/mol. The molecule has 0 unspecified atom stereocenters. The van der Waals surface area contributed by atoms with E-state index in [1.807, 2.05) is 12.3 Å². The van der Waals surface area contributed by atoms with Gasteiger partial charge in [0.2, 0.25) is 0 Å². The van der Waals surface area contributed by atoms with Crippen LogP contribution >= 0.6 is 11.8 Å². The SMILES string of the molecule is CSc1ccc(CN(C)O)c(F)c1. The number of nitrogens with zero attached hydrogens (tertiary/aromatic N) is 1. The summed E-state index contributed by atoms with van der Waals surface area (Å²) in [4.78, 5) is 0.891. The molecule has 1 N–H and O–H groups in total. The fourth-order valence-electron chi connectivity index (χ4n) is 1.03. The lowest BCUT2D eigenvalue weighted by molar-refractivity contribution is -0.0738. The van der Waals surface area contributed by atoms with Crippen LogP contribution in [0.5, 0.6) is 0 Å². The minimum Gasteiger partial charge on any atom is -0.314 e. The zero-order valence-electron chi connectivity index (χ0n) is 7.62. The second-order valence-corrected chi connectivity index (χ2v) is 3.65. The van der Waals surface area contributed by atoms with Crippen molar-refractivity contribution in [2.45, 2.75) is 11.4 Å². The van der Waals surface area contributed by atoms with E-state index < -0.39 is 0 Å². The predicted octanol–water partition coefficient (Wildman–Crippen LogP) is 2.37. The first-order valence-electron chi connectivity index (χ1n) is 3.86. The fourth-order valence-corrected chi connectivity index (χ4v) is 1.46. The van der Waals surface area contributed by atoms with Gasteiger partial charge in [-0.2, -0.15) is 5.06 Å². The number of benzene rings is 1. The molecule has 0 bridgehead atoms. The molecular formula is C9H12FNOS. The van der Waals surface area contributed by atoms with Gasteiger partial charge in [-0.05, 0) is 18.4 Å². The van der Waals surface area contributed by atoms with Gasteiger partial charge in [0.15, 0.2) is 0 Å². The fraction of sp³-hybridized carbons (Fsp3) is 0.333. The molecule has 0 aliphatic heterocycles. The minimum atomic E-state index is -0.271. The third-order valence-electron chi connectivity index (χ3n) is 1.66. The Labute approximate surface area is 81.3 Å². The van der Waals surface area contributed by atoms with E-state index >= 15 is 0 Å². The molecule has 0 aliphatic carbocycles. The van der Waals surface area contributed by atoms with Gasteiger partial charge in [-0.1, -0.05) is 6.07 Å². The number of thioether (sulfide) groups is 1. The summed E-state index contributed by atoms with van der Waals surface area (Å²) in [6.45, 7) is 0.209. The van der Waals surface area contributed by atoms with Gasteiger partial charge in [0.05, 0.1) is 6.54 Å². The van der Waals surface area contributed by atoms with Crippen LogP contribution in [0.15, 0.2) is 23.1 Å². The zero-order chi connectivity index (χ0) is 9.84. The monoisotopic (exact) mass is 201 g/mol. The van der Waals surface area contributed by atoms with E-state index in [-0.39, 0.29) is 12.4 Å². The lowest BCUT2D eigenvalue weighted by Gasteiger charge is -2.09. The maximum absolute atomic E-state index is 13.2. The Hall–Kier alpha value is -0.580. The van der Waals surface area contributed by atoms with Gasteiger partial charge in [0.25, 0.3) is 0 Å². The summed E-state index contributed by atoms with van der Waals surface area (Å²) in [7, 11) is 1.49. The molecule has 0 amide bonds. The molecule has 0 heterocycles. The molecule has 72 valence electrons. The normalized spacial score (nSPS) is 10.8. The van der Waals surface area contributed by atoms with Gasteiger partial charge in [-0.15, -0.1) is 11.8 Å². The van der Waals surface area contributed by atoms with Crippen LogP contribution in [0.4, 0.5) is 4.39 Å². The van der Waals surface area contributed by atoms with Gasteiger partial charge in [0.1, 0.15) is 5.82 Å². The molecule has 1 rings (SSSR count). The Bertz CT molecular complexity index is 291. The van der Waals surface area contributed by atoms with Crippen molar-refractivity contribution in [3.63, 3.8) is 0 Å². The van der Waals surface area contributed by atoms with Crippen molar-refractivity contribution in [2.75, 3.05) is 13.3 Å². The summed E-state index contributed by atoms with van der Waals surface area (Å²) >= 11 is 1.49. The largest absolute Gasteiger partial charge is 0.314 e. The van der Waals surface area contributed by atoms with Crippen LogP contribution in [0.3, 0.4) is 0 Å². The first kappa shape index (κ1) is 10.5. The van der Waals surface area contributed by atoms with Crippen LogP contribution in [0.25, 0.3) is 0 Å². The number of rotatable bonds is 3. The van der Waals surface area contributed by atoms with Gasteiger partial charge in [-0.25, -0.2) is 4.39 Å². The molecule has 1 aromatic rings. The second-order valence-electron chi connectivity index (χ2n) is 2.77. The summed E-state index contributed by atoms with van der Waals surface area (Å²) in [5, 5.41) is 9.87. The average molecular weight is 201 g/mol. The topological polar surface area (TPSA) is 23.5 Å². The van der Waals surface area contributed by atoms with Gasteiger partial charge in [-0.3, -0.25) is 0 Å². The van der Waals surface area contributed by atoms with Crippen molar-refractivity contribution >= 4 is 11.8 Å². The molecule has 0 saturated carbocycles. The van der Waals surface area contributed by atoms with E-state index in [1.165, 1.54) is 24.9 Å². The lowest BCUT2D eigenvalue weighted by atomic mass is 10.2. The molecule has 0 radical (unpaired) electrons. The molecule has 2 nitrogen and oxygen atoms in total. The highest BCUT2D eigenvalue weighted by atomic mass is 32.2. The van der Waals surface area contributed by atoms with Crippen LogP contribution in [0.1, 0.15) is 5.56 Å². The number of halogens is 1. The number of hydrogen-bond acceptors (Lipinski definition) is 3. The van der Waals surface area contributed by atoms with Gasteiger partial charge in [0, 0.05) is 17.5 Å². The molecule has 13 heavy (non-hydrogen) atoms. The third kappa shape index (κ3) is 2.99. The highest BCUT2D eigenvalue weighted by Crippen LogP contribution is 2.18. The van der Waals surface area contributed by atoms with Crippen molar-refractivity contribution in [3.8, 4) is 0 Å². The maximum atomic E-state index is 13.2. The molecule has 0 atom stereocenters. The third-order valence-corrected chi connectivity index (χ3v) is 2.38. The van der Waals surface area contributed by atoms with Crippen LogP contribution in [-0.4, -0.2) is 23.6 Å². The summed E-state index contributed by atoms with van der Waals surface area (Å²) < 4.78 is 13.2. The lowest BCUT2D eigenvalue weighted by Crippen LogP contribution is -2.12. The predicted molar refractivity (Wildman–Crippen MR) is 51.4 cm³/mol. The standard InChI is InChI=1S/C9H12FNOS/c1-11(12)6-7-3-4-8(13-2)5-9(7)10/h3-5,12H,6H2,1-2H3. The maximum Gasteiger partial charge on any atom is 0.128 e.